The lowest BCUT2D eigenvalue weighted by atomic mass is 10.2. The van der Waals surface area contributed by atoms with E-state index in [1.165, 1.54) is 18.3 Å². The molecule has 2 aromatic rings. The van der Waals surface area contributed by atoms with Crippen LogP contribution in [0.25, 0.3) is 0 Å². The molecule has 0 aliphatic carbocycles. The van der Waals surface area contributed by atoms with E-state index in [9.17, 15) is 12.8 Å². The van der Waals surface area contributed by atoms with Crippen molar-refractivity contribution in [2.24, 2.45) is 0 Å². The largest absolute Gasteiger partial charge is 0.332 e. The third-order valence-electron chi connectivity index (χ3n) is 2.34. The minimum Gasteiger partial charge on any atom is -0.332 e. The predicted molar refractivity (Wildman–Crippen MR) is 65.3 cm³/mol. The molecule has 1 aromatic heterocycles. The zero-order chi connectivity index (χ0) is 13.3. The Kier molecular flexibility index (Phi) is 3.08. The maximum Gasteiger partial charge on any atom is 0.279 e. The Bertz CT molecular complexity index is 679. The van der Waals surface area contributed by atoms with Gasteiger partial charge in [-0.15, -0.1) is 0 Å². The summed E-state index contributed by atoms with van der Waals surface area (Å²) < 4.78 is 39.5. The molecule has 0 aliphatic heterocycles. The maximum atomic E-state index is 13.5. The van der Waals surface area contributed by atoms with Gasteiger partial charge in [0.15, 0.2) is 5.03 Å². The van der Waals surface area contributed by atoms with E-state index < -0.39 is 15.8 Å². The highest BCUT2D eigenvalue weighted by atomic mass is 32.2. The van der Waals surface area contributed by atoms with E-state index in [1.54, 1.807) is 19.9 Å². The summed E-state index contributed by atoms with van der Waals surface area (Å²) >= 11 is 0. The molecule has 0 saturated carbocycles. The van der Waals surface area contributed by atoms with Gasteiger partial charge in [-0.3, -0.25) is 4.72 Å². The minimum atomic E-state index is -3.84. The molecule has 7 heteroatoms. The van der Waals surface area contributed by atoms with Crippen molar-refractivity contribution in [2.75, 3.05) is 4.72 Å². The number of aromatic amines is 1. The first kappa shape index (κ1) is 12.6. The number of aryl methyl sites for hydroxylation is 2. The Hall–Kier alpha value is -1.89. The Morgan fingerprint density at radius 2 is 2.06 bits per heavy atom. The first-order chi connectivity index (χ1) is 8.38. The van der Waals surface area contributed by atoms with Crippen molar-refractivity contribution in [3.63, 3.8) is 0 Å². The van der Waals surface area contributed by atoms with Crippen LogP contribution in [0.5, 0.6) is 0 Å². The van der Waals surface area contributed by atoms with Gasteiger partial charge in [0.2, 0.25) is 0 Å². The molecule has 96 valence electrons. The van der Waals surface area contributed by atoms with Gasteiger partial charge in [0.05, 0.1) is 11.9 Å². The van der Waals surface area contributed by atoms with Crippen LogP contribution in [-0.4, -0.2) is 18.4 Å². The lowest BCUT2D eigenvalue weighted by Gasteiger charge is -2.07. The third-order valence-corrected chi connectivity index (χ3v) is 3.61. The summed E-state index contributed by atoms with van der Waals surface area (Å²) in [5.74, 6) is -0.152. The normalized spacial score (nSPS) is 11.5. The predicted octanol–water partition coefficient (Wildman–Crippen LogP) is 1.97. The van der Waals surface area contributed by atoms with Gasteiger partial charge in [-0.2, -0.15) is 8.42 Å². The lowest BCUT2D eigenvalue weighted by Crippen LogP contribution is -2.14. The van der Waals surface area contributed by atoms with Gasteiger partial charge in [0.1, 0.15) is 11.6 Å². The Morgan fingerprint density at radius 1 is 1.33 bits per heavy atom. The molecule has 5 nitrogen and oxygen atoms in total. The van der Waals surface area contributed by atoms with E-state index in [4.69, 9.17) is 0 Å². The van der Waals surface area contributed by atoms with Crippen molar-refractivity contribution in [1.82, 2.24) is 9.97 Å². The van der Waals surface area contributed by atoms with Gasteiger partial charge in [0.25, 0.3) is 10.0 Å². The Balaban J connectivity index is 2.36. The number of rotatable bonds is 3. The zero-order valence-corrected chi connectivity index (χ0v) is 10.7. The quantitative estimate of drug-likeness (QED) is 0.894. The van der Waals surface area contributed by atoms with Crippen LogP contribution in [-0.2, 0) is 10.0 Å². The molecule has 0 radical (unpaired) electrons. The van der Waals surface area contributed by atoms with Crippen molar-refractivity contribution in [1.29, 1.82) is 0 Å². The van der Waals surface area contributed by atoms with Crippen LogP contribution in [0.15, 0.2) is 29.4 Å². The average Bonchev–Trinajstić information content (AvgIpc) is 2.71. The third kappa shape index (κ3) is 2.51. The van der Waals surface area contributed by atoms with Gasteiger partial charge >= 0.3 is 0 Å². The number of benzene rings is 1. The number of halogens is 1. The zero-order valence-electron chi connectivity index (χ0n) is 9.86. The molecular formula is C11H12FN3O2S. The number of hydrogen-bond acceptors (Lipinski definition) is 3. The fourth-order valence-electron chi connectivity index (χ4n) is 1.45. The van der Waals surface area contributed by atoms with Crippen LogP contribution in [0.4, 0.5) is 10.1 Å². The number of aromatic nitrogens is 2. The molecule has 0 bridgehead atoms. The van der Waals surface area contributed by atoms with Gasteiger partial charge in [-0.25, -0.2) is 9.37 Å². The fraction of sp³-hybridized carbons (Fsp3) is 0.182. The number of imidazole rings is 1. The van der Waals surface area contributed by atoms with Gasteiger partial charge in [-0.05, 0) is 31.5 Å². The second-order valence-electron chi connectivity index (χ2n) is 3.92. The van der Waals surface area contributed by atoms with Crippen molar-refractivity contribution < 1.29 is 12.8 Å². The minimum absolute atomic E-state index is 0.0812. The first-order valence-electron chi connectivity index (χ1n) is 5.19. The number of anilines is 1. The van der Waals surface area contributed by atoms with Crippen molar-refractivity contribution in [3.05, 3.63) is 41.6 Å². The SMILES string of the molecule is Cc1ccc(F)c(NS(=O)(=O)c2cnc(C)[nH]2)c1. The monoisotopic (exact) mass is 269 g/mol. The van der Waals surface area contributed by atoms with Crippen LogP contribution in [0, 0.1) is 19.7 Å². The van der Waals surface area contributed by atoms with E-state index in [1.807, 2.05) is 0 Å². The average molecular weight is 269 g/mol. The summed E-state index contributed by atoms with van der Waals surface area (Å²) in [5, 5.41) is -0.0964. The summed E-state index contributed by atoms with van der Waals surface area (Å²) in [7, 11) is -3.84. The molecule has 0 aliphatic rings. The Labute approximate surface area is 104 Å². The highest BCUT2D eigenvalue weighted by Crippen LogP contribution is 2.19. The van der Waals surface area contributed by atoms with Crippen LogP contribution in [0.1, 0.15) is 11.4 Å². The first-order valence-corrected chi connectivity index (χ1v) is 6.67. The fourth-order valence-corrected chi connectivity index (χ4v) is 2.48. The smallest absolute Gasteiger partial charge is 0.279 e. The maximum absolute atomic E-state index is 13.5. The molecule has 0 spiro atoms. The molecular weight excluding hydrogens is 257 g/mol. The van der Waals surface area contributed by atoms with Gasteiger partial charge in [-0.1, -0.05) is 6.07 Å². The molecule has 0 atom stereocenters. The molecule has 0 fully saturated rings. The second-order valence-corrected chi connectivity index (χ2v) is 5.57. The van der Waals surface area contributed by atoms with E-state index in [-0.39, 0.29) is 10.7 Å². The highest BCUT2D eigenvalue weighted by molar-refractivity contribution is 7.92. The summed E-state index contributed by atoms with van der Waals surface area (Å²) in [6.45, 7) is 3.38. The molecule has 1 aromatic carbocycles. The molecule has 2 rings (SSSR count). The van der Waals surface area contributed by atoms with Gasteiger partial charge < -0.3 is 4.98 Å². The van der Waals surface area contributed by atoms with Crippen LogP contribution < -0.4 is 4.72 Å². The van der Waals surface area contributed by atoms with Crippen molar-refractivity contribution >= 4 is 15.7 Å². The molecule has 0 amide bonds. The summed E-state index contributed by atoms with van der Waals surface area (Å²) in [6.07, 6.45) is 1.19. The van der Waals surface area contributed by atoms with Crippen LogP contribution in [0.2, 0.25) is 0 Å². The highest BCUT2D eigenvalue weighted by Gasteiger charge is 2.18. The summed E-state index contributed by atoms with van der Waals surface area (Å²) in [5.41, 5.74) is 0.678. The Morgan fingerprint density at radius 3 is 2.67 bits per heavy atom. The van der Waals surface area contributed by atoms with E-state index in [0.717, 1.165) is 5.56 Å². The van der Waals surface area contributed by atoms with Crippen molar-refractivity contribution in [2.45, 2.75) is 18.9 Å². The number of H-pyrrole nitrogens is 1. The number of nitrogens with zero attached hydrogens (tertiary/aromatic N) is 1. The standard InChI is InChI=1S/C11H12FN3O2S/c1-7-3-4-9(12)10(5-7)15-18(16,17)11-6-13-8(2)14-11/h3-6,15H,1-2H3,(H,13,14). The molecule has 0 saturated heterocycles. The molecule has 1 heterocycles. The molecule has 18 heavy (non-hydrogen) atoms. The van der Waals surface area contributed by atoms with E-state index >= 15 is 0 Å². The summed E-state index contributed by atoms with van der Waals surface area (Å²) in [4.78, 5) is 6.38. The van der Waals surface area contributed by atoms with Crippen LogP contribution >= 0.6 is 0 Å². The second kappa shape index (κ2) is 4.41. The van der Waals surface area contributed by atoms with Gasteiger partial charge in [0, 0.05) is 0 Å². The van der Waals surface area contributed by atoms with E-state index in [2.05, 4.69) is 14.7 Å². The summed E-state index contributed by atoms with van der Waals surface area (Å²) in [6, 6.07) is 4.20. The lowest BCUT2D eigenvalue weighted by molar-refractivity contribution is 0.595. The van der Waals surface area contributed by atoms with Crippen LogP contribution in [0.3, 0.4) is 0 Å². The molecule has 0 unspecified atom stereocenters. The van der Waals surface area contributed by atoms with E-state index in [0.29, 0.717) is 5.82 Å². The topological polar surface area (TPSA) is 74.8 Å². The number of nitrogens with one attached hydrogen (secondary N) is 2. The molecule has 2 N–H and O–H groups in total. The van der Waals surface area contributed by atoms with Crippen molar-refractivity contribution in [3.8, 4) is 0 Å². The number of sulfonamides is 1. The number of hydrogen-bond donors (Lipinski definition) is 2.